The minimum Gasteiger partial charge on any atom is -0.406 e. The Bertz CT molecular complexity index is 802. The number of hydrogen-bond donors (Lipinski definition) is 2. The first-order valence-corrected chi connectivity index (χ1v) is 10.5. The highest BCUT2D eigenvalue weighted by molar-refractivity contribution is 7.89. The molecule has 0 unspecified atom stereocenters. The van der Waals surface area contributed by atoms with Crippen molar-refractivity contribution in [2.75, 3.05) is 26.2 Å². The first-order chi connectivity index (χ1) is 13.1. The Hall–Kier alpha value is -1.85. The molecule has 3 rings (SSSR count). The first-order valence-electron chi connectivity index (χ1n) is 9.07. The molecule has 1 heterocycles. The molecule has 1 aromatic carbocycles. The van der Waals surface area contributed by atoms with E-state index in [2.05, 4.69) is 10.1 Å². The number of nitrogens with zero attached hydrogens (tertiary/aromatic N) is 1. The van der Waals surface area contributed by atoms with Gasteiger partial charge in [-0.3, -0.25) is 4.79 Å². The predicted molar refractivity (Wildman–Crippen MR) is 93.2 cm³/mol. The summed E-state index contributed by atoms with van der Waals surface area (Å²) in [6, 6.07) is 4.17. The molecule has 2 fully saturated rings. The highest BCUT2D eigenvalue weighted by atomic mass is 32.2. The highest BCUT2D eigenvalue weighted by Crippen LogP contribution is 2.25. The fourth-order valence-electron chi connectivity index (χ4n) is 3.15. The molecule has 156 valence electrons. The molecule has 1 saturated carbocycles. The van der Waals surface area contributed by atoms with Crippen molar-refractivity contribution >= 4 is 15.9 Å². The van der Waals surface area contributed by atoms with Gasteiger partial charge in [-0.05, 0) is 44.0 Å². The smallest absolute Gasteiger partial charge is 0.406 e. The van der Waals surface area contributed by atoms with E-state index in [0.717, 1.165) is 42.0 Å². The summed E-state index contributed by atoms with van der Waals surface area (Å²) >= 11 is 0. The summed E-state index contributed by atoms with van der Waals surface area (Å²) in [5.41, 5.74) is 0. The third kappa shape index (κ3) is 5.15. The van der Waals surface area contributed by atoms with Crippen molar-refractivity contribution in [3.05, 3.63) is 24.3 Å². The van der Waals surface area contributed by atoms with Crippen molar-refractivity contribution in [3.8, 4) is 5.75 Å². The van der Waals surface area contributed by atoms with Crippen LogP contribution in [0.2, 0.25) is 0 Å². The number of benzene rings is 1. The third-order valence-electron chi connectivity index (χ3n) is 4.99. The summed E-state index contributed by atoms with van der Waals surface area (Å²) in [4.78, 5) is 13.1. The molecule has 0 bridgehead atoms. The second kappa shape index (κ2) is 7.88. The molecule has 1 atom stereocenters. The zero-order chi connectivity index (χ0) is 20.5. The standard InChI is InChI=1S/C17H22F3N3O4S/c1-12(16(24)21-13-2-3-13)22-8-10-23(11-9-22)28(25,26)15-6-4-14(5-7-15)27-17(18,19)20/h4-7,12-13H,2-3,8-11H2,1H3,(H,21,24)/p+1/t12-/m0/s1. The van der Waals surface area contributed by atoms with E-state index in [-0.39, 0.29) is 36.0 Å². The summed E-state index contributed by atoms with van der Waals surface area (Å²) in [5, 5.41) is 2.96. The van der Waals surface area contributed by atoms with Gasteiger partial charge in [0, 0.05) is 6.04 Å². The van der Waals surface area contributed by atoms with Gasteiger partial charge in [-0.15, -0.1) is 13.2 Å². The predicted octanol–water partition coefficient (Wildman–Crippen LogP) is 0.142. The Morgan fingerprint density at radius 3 is 2.29 bits per heavy atom. The number of alkyl halides is 3. The van der Waals surface area contributed by atoms with E-state index in [0.29, 0.717) is 13.1 Å². The van der Waals surface area contributed by atoms with Gasteiger partial charge in [0.25, 0.3) is 5.91 Å². The van der Waals surface area contributed by atoms with Gasteiger partial charge in [0.15, 0.2) is 6.04 Å². The number of rotatable bonds is 6. The lowest BCUT2D eigenvalue weighted by Crippen LogP contribution is -3.19. The number of quaternary nitrogens is 1. The number of hydrogen-bond acceptors (Lipinski definition) is 4. The lowest BCUT2D eigenvalue weighted by Gasteiger charge is -2.34. The van der Waals surface area contributed by atoms with Gasteiger partial charge in [-0.25, -0.2) is 8.42 Å². The van der Waals surface area contributed by atoms with Crippen LogP contribution in [0.1, 0.15) is 19.8 Å². The van der Waals surface area contributed by atoms with E-state index < -0.39 is 22.1 Å². The average Bonchev–Trinajstić information content (AvgIpc) is 3.44. The summed E-state index contributed by atoms with van der Waals surface area (Å²) in [6.45, 7) is 3.26. The van der Waals surface area contributed by atoms with Gasteiger partial charge in [0.1, 0.15) is 5.75 Å². The topological polar surface area (TPSA) is 80.2 Å². The molecule has 1 aromatic rings. The lowest BCUT2D eigenvalue weighted by atomic mass is 10.2. The molecule has 0 spiro atoms. The van der Waals surface area contributed by atoms with E-state index >= 15 is 0 Å². The molecule has 2 aliphatic rings. The van der Waals surface area contributed by atoms with Crippen molar-refractivity contribution in [2.24, 2.45) is 0 Å². The zero-order valence-corrected chi connectivity index (χ0v) is 16.1. The highest BCUT2D eigenvalue weighted by Gasteiger charge is 2.36. The van der Waals surface area contributed by atoms with Gasteiger partial charge in [-0.1, -0.05) is 0 Å². The summed E-state index contributed by atoms with van der Waals surface area (Å²) in [5.74, 6) is -0.495. The summed E-state index contributed by atoms with van der Waals surface area (Å²) in [7, 11) is -3.82. The normalized spacial score (nSPS) is 20.6. The number of ether oxygens (including phenoxy) is 1. The molecule has 7 nitrogen and oxygen atoms in total. The number of nitrogens with one attached hydrogen (secondary N) is 2. The van der Waals surface area contributed by atoms with Crippen molar-refractivity contribution in [1.29, 1.82) is 0 Å². The minimum atomic E-state index is -4.83. The van der Waals surface area contributed by atoms with Crippen LogP contribution in [0.15, 0.2) is 29.2 Å². The van der Waals surface area contributed by atoms with Crippen LogP contribution in [0.4, 0.5) is 13.2 Å². The van der Waals surface area contributed by atoms with Crippen LogP contribution in [0.25, 0.3) is 0 Å². The van der Waals surface area contributed by atoms with Crippen LogP contribution in [-0.2, 0) is 14.8 Å². The molecule has 11 heteroatoms. The van der Waals surface area contributed by atoms with E-state index in [9.17, 15) is 26.4 Å². The van der Waals surface area contributed by atoms with Gasteiger partial charge in [0.2, 0.25) is 10.0 Å². The molecule has 28 heavy (non-hydrogen) atoms. The minimum absolute atomic E-state index is 0.0194. The third-order valence-corrected chi connectivity index (χ3v) is 6.90. The Kier molecular flexibility index (Phi) is 5.87. The largest absolute Gasteiger partial charge is 0.573 e. The van der Waals surface area contributed by atoms with Crippen LogP contribution < -0.4 is 15.0 Å². The molecule has 1 aliphatic heterocycles. The maximum atomic E-state index is 12.7. The number of carbonyl (C=O) groups is 1. The van der Waals surface area contributed by atoms with E-state index in [1.54, 1.807) is 0 Å². The molecule has 1 saturated heterocycles. The van der Waals surface area contributed by atoms with Crippen molar-refractivity contribution in [2.45, 2.75) is 43.1 Å². The van der Waals surface area contributed by atoms with Crippen molar-refractivity contribution in [1.82, 2.24) is 9.62 Å². The molecule has 1 aliphatic carbocycles. The Labute approximate surface area is 161 Å². The second-order valence-corrected chi connectivity index (χ2v) is 9.02. The number of piperazine rings is 1. The Morgan fingerprint density at radius 2 is 1.79 bits per heavy atom. The molecular weight excluding hydrogens is 399 g/mol. The quantitative estimate of drug-likeness (QED) is 0.684. The van der Waals surface area contributed by atoms with Crippen LogP contribution in [0, 0.1) is 0 Å². The van der Waals surface area contributed by atoms with Crippen molar-refractivity contribution in [3.63, 3.8) is 0 Å². The van der Waals surface area contributed by atoms with Crippen LogP contribution in [0.5, 0.6) is 5.75 Å². The van der Waals surface area contributed by atoms with Gasteiger partial charge < -0.3 is 15.0 Å². The van der Waals surface area contributed by atoms with E-state index in [4.69, 9.17) is 0 Å². The summed E-state index contributed by atoms with van der Waals surface area (Å²) < 4.78 is 67.2. The SMILES string of the molecule is C[C@@H](C(=O)NC1CC1)[NH+]1CCN(S(=O)(=O)c2ccc(OC(F)(F)F)cc2)CC1. The van der Waals surface area contributed by atoms with E-state index in [1.807, 2.05) is 6.92 Å². The maximum Gasteiger partial charge on any atom is 0.573 e. The molecule has 2 N–H and O–H groups in total. The fraction of sp³-hybridized carbons (Fsp3) is 0.588. The molecule has 1 amide bonds. The van der Waals surface area contributed by atoms with Gasteiger partial charge in [-0.2, -0.15) is 4.31 Å². The fourth-order valence-corrected chi connectivity index (χ4v) is 4.59. The molecule has 0 radical (unpaired) electrons. The van der Waals surface area contributed by atoms with Gasteiger partial charge in [0.05, 0.1) is 31.1 Å². The van der Waals surface area contributed by atoms with Crippen molar-refractivity contribution < 1.29 is 36.0 Å². The van der Waals surface area contributed by atoms with Gasteiger partial charge >= 0.3 is 6.36 Å². The van der Waals surface area contributed by atoms with E-state index in [1.165, 1.54) is 4.31 Å². The first kappa shape index (κ1) is 20.9. The molecule has 0 aromatic heterocycles. The van der Waals surface area contributed by atoms with Crippen LogP contribution >= 0.6 is 0 Å². The maximum absolute atomic E-state index is 12.7. The zero-order valence-electron chi connectivity index (χ0n) is 15.3. The monoisotopic (exact) mass is 422 g/mol. The number of amides is 1. The number of carbonyl (C=O) groups excluding carboxylic acids is 1. The average molecular weight is 422 g/mol. The summed E-state index contributed by atoms with van der Waals surface area (Å²) in [6.07, 6.45) is -2.82. The number of sulfonamides is 1. The molecular formula is C17H23F3N3O4S+. The van der Waals surface area contributed by atoms with Crippen LogP contribution in [-0.4, -0.2) is 63.3 Å². The Morgan fingerprint density at radius 1 is 1.21 bits per heavy atom. The number of halogens is 3. The lowest BCUT2D eigenvalue weighted by molar-refractivity contribution is -0.917. The van der Waals surface area contributed by atoms with Crippen LogP contribution in [0.3, 0.4) is 0 Å². The Balaban J connectivity index is 1.58. The second-order valence-electron chi connectivity index (χ2n) is 7.09.